The van der Waals surface area contributed by atoms with E-state index in [0.717, 1.165) is 0 Å². The minimum atomic E-state index is -0.870. The molecule has 0 bridgehead atoms. The van der Waals surface area contributed by atoms with Gasteiger partial charge in [0.1, 0.15) is 0 Å². The van der Waals surface area contributed by atoms with E-state index < -0.39 is 17.7 Å². The Balaban J connectivity index is 2.64. The van der Waals surface area contributed by atoms with Gasteiger partial charge in [0.15, 0.2) is 5.92 Å². The summed E-state index contributed by atoms with van der Waals surface area (Å²) in [6.07, 6.45) is 1.20. The van der Waals surface area contributed by atoms with E-state index in [1.165, 1.54) is 6.21 Å². The first-order valence-corrected chi connectivity index (χ1v) is 2.59. The van der Waals surface area contributed by atoms with Gasteiger partial charge in [-0.2, -0.15) is 5.10 Å². The number of rotatable bonds is 1. The summed E-state index contributed by atoms with van der Waals surface area (Å²) in [5.74, 6) is 2.89. The van der Waals surface area contributed by atoms with Crippen LogP contribution in [-0.2, 0) is 9.59 Å². The molecule has 4 N–H and O–H groups in total. The molecule has 10 heavy (non-hydrogen) atoms. The zero-order valence-corrected chi connectivity index (χ0v) is 5.00. The quantitative estimate of drug-likeness (QED) is 0.166. The zero-order valence-electron chi connectivity index (χ0n) is 5.00. The molecule has 6 nitrogen and oxygen atoms in total. The molecule has 0 fully saturated rings. The van der Waals surface area contributed by atoms with Crippen molar-refractivity contribution in [2.24, 2.45) is 16.9 Å². The van der Waals surface area contributed by atoms with E-state index in [0.29, 0.717) is 0 Å². The van der Waals surface area contributed by atoms with Crippen LogP contribution in [0.25, 0.3) is 0 Å². The van der Waals surface area contributed by atoms with Crippen molar-refractivity contribution in [1.29, 1.82) is 0 Å². The van der Waals surface area contributed by atoms with E-state index in [1.54, 1.807) is 0 Å². The second-order valence-electron chi connectivity index (χ2n) is 1.74. The molecular weight excluding hydrogens is 136 g/mol. The van der Waals surface area contributed by atoms with Crippen molar-refractivity contribution in [1.82, 2.24) is 10.9 Å². The number of nitrogens with one attached hydrogen (secondary N) is 2. The molecular formula is C4H6N4O2. The molecule has 1 heterocycles. The molecule has 0 saturated carbocycles. The van der Waals surface area contributed by atoms with Crippen molar-refractivity contribution in [2.45, 2.75) is 0 Å². The molecule has 0 aromatic rings. The lowest BCUT2D eigenvalue weighted by Gasteiger charge is -1.99. The fourth-order valence-electron chi connectivity index (χ4n) is 0.589. The lowest BCUT2D eigenvalue weighted by molar-refractivity contribution is -0.131. The van der Waals surface area contributed by atoms with Gasteiger partial charge in [0.05, 0.1) is 0 Å². The number of nitrogens with zero attached hydrogens (tertiary/aromatic N) is 1. The van der Waals surface area contributed by atoms with E-state index in [4.69, 9.17) is 5.84 Å². The van der Waals surface area contributed by atoms with Gasteiger partial charge in [-0.3, -0.25) is 15.0 Å². The van der Waals surface area contributed by atoms with E-state index in [9.17, 15) is 9.59 Å². The molecule has 0 unspecified atom stereocenters. The summed E-state index contributed by atoms with van der Waals surface area (Å²) in [5, 5.41) is 3.37. The molecule has 0 saturated heterocycles. The molecule has 1 aliphatic rings. The Morgan fingerprint density at radius 1 is 1.90 bits per heavy atom. The van der Waals surface area contributed by atoms with Gasteiger partial charge in [-0.1, -0.05) is 0 Å². The van der Waals surface area contributed by atoms with Crippen LogP contribution in [0.4, 0.5) is 0 Å². The van der Waals surface area contributed by atoms with Gasteiger partial charge in [-0.25, -0.2) is 11.3 Å². The SMILES string of the molecule is NNC(=O)[C@H]1C=NNC1=O. The Kier molecular flexibility index (Phi) is 1.63. The normalized spacial score (nSPS) is 22.5. The topological polar surface area (TPSA) is 96.6 Å². The maximum absolute atomic E-state index is 10.6. The minimum Gasteiger partial charge on any atom is -0.293 e. The first-order chi connectivity index (χ1) is 4.75. The molecule has 1 rings (SSSR count). The van der Waals surface area contributed by atoms with Crippen molar-refractivity contribution in [2.75, 3.05) is 0 Å². The second kappa shape index (κ2) is 2.44. The number of amides is 2. The monoisotopic (exact) mass is 142 g/mol. The first kappa shape index (κ1) is 6.69. The number of hydrazone groups is 1. The van der Waals surface area contributed by atoms with Crippen LogP contribution in [0, 0.1) is 5.92 Å². The Morgan fingerprint density at radius 3 is 3.00 bits per heavy atom. The maximum Gasteiger partial charge on any atom is 0.258 e. The fraction of sp³-hybridized carbons (Fsp3) is 0.250. The summed E-state index contributed by atoms with van der Waals surface area (Å²) in [5.41, 5.74) is 3.95. The van der Waals surface area contributed by atoms with Crippen molar-refractivity contribution >= 4 is 18.0 Å². The van der Waals surface area contributed by atoms with Crippen LogP contribution in [0.5, 0.6) is 0 Å². The summed E-state index contributed by atoms with van der Waals surface area (Å²) >= 11 is 0. The third-order valence-electron chi connectivity index (χ3n) is 1.11. The molecule has 0 radical (unpaired) electrons. The predicted molar refractivity (Wildman–Crippen MR) is 32.5 cm³/mol. The summed E-state index contributed by atoms with van der Waals surface area (Å²) in [6, 6.07) is 0. The van der Waals surface area contributed by atoms with Crippen LogP contribution < -0.4 is 16.7 Å². The van der Waals surface area contributed by atoms with Crippen LogP contribution >= 0.6 is 0 Å². The van der Waals surface area contributed by atoms with Crippen LogP contribution in [0.3, 0.4) is 0 Å². The van der Waals surface area contributed by atoms with Gasteiger partial charge in [0.2, 0.25) is 0 Å². The fourth-order valence-corrected chi connectivity index (χ4v) is 0.589. The minimum absolute atomic E-state index is 0.456. The van der Waals surface area contributed by atoms with Crippen LogP contribution in [0.15, 0.2) is 5.10 Å². The molecule has 6 heteroatoms. The molecule has 0 aromatic heterocycles. The van der Waals surface area contributed by atoms with Crippen molar-refractivity contribution in [3.63, 3.8) is 0 Å². The van der Waals surface area contributed by atoms with Crippen molar-refractivity contribution in [3.8, 4) is 0 Å². The van der Waals surface area contributed by atoms with Gasteiger partial charge in [-0.15, -0.1) is 0 Å². The Bertz CT molecular complexity index is 199. The summed E-state index contributed by atoms with van der Waals surface area (Å²) in [6.45, 7) is 0. The molecule has 54 valence electrons. The van der Waals surface area contributed by atoms with Gasteiger partial charge >= 0.3 is 0 Å². The van der Waals surface area contributed by atoms with Crippen molar-refractivity contribution in [3.05, 3.63) is 0 Å². The number of hydrazine groups is 1. The molecule has 0 spiro atoms. The number of hydrogen-bond donors (Lipinski definition) is 3. The molecule has 1 atom stereocenters. The smallest absolute Gasteiger partial charge is 0.258 e. The number of carbonyl (C=O) groups is 2. The highest BCUT2D eigenvalue weighted by atomic mass is 16.2. The molecule has 0 aliphatic carbocycles. The summed E-state index contributed by atoms with van der Waals surface area (Å²) in [4.78, 5) is 21.3. The largest absolute Gasteiger partial charge is 0.293 e. The van der Waals surface area contributed by atoms with Crippen LogP contribution in [0.2, 0.25) is 0 Å². The Morgan fingerprint density at radius 2 is 2.60 bits per heavy atom. The highest BCUT2D eigenvalue weighted by molar-refractivity contribution is 6.14. The number of hydrogen-bond acceptors (Lipinski definition) is 4. The lowest BCUT2D eigenvalue weighted by atomic mass is 10.1. The second-order valence-corrected chi connectivity index (χ2v) is 1.74. The maximum atomic E-state index is 10.6. The number of carbonyl (C=O) groups excluding carboxylic acids is 2. The summed E-state index contributed by atoms with van der Waals surface area (Å²) in [7, 11) is 0. The lowest BCUT2D eigenvalue weighted by Crippen LogP contribution is -2.40. The van der Waals surface area contributed by atoms with Crippen LogP contribution in [-0.4, -0.2) is 18.0 Å². The van der Waals surface area contributed by atoms with Gasteiger partial charge in [0.25, 0.3) is 11.8 Å². The molecule has 2 amide bonds. The van der Waals surface area contributed by atoms with E-state index in [1.807, 2.05) is 5.43 Å². The average Bonchev–Trinajstić information content (AvgIpc) is 2.34. The number of nitrogens with two attached hydrogens (primary N) is 1. The average molecular weight is 142 g/mol. The highest BCUT2D eigenvalue weighted by Gasteiger charge is 2.27. The first-order valence-electron chi connectivity index (χ1n) is 2.59. The van der Waals surface area contributed by atoms with Gasteiger partial charge in [0, 0.05) is 6.21 Å². The predicted octanol–water partition coefficient (Wildman–Crippen LogP) is -2.29. The zero-order chi connectivity index (χ0) is 7.56. The Labute approximate surface area is 56.4 Å². The van der Waals surface area contributed by atoms with Crippen molar-refractivity contribution < 1.29 is 9.59 Å². The highest BCUT2D eigenvalue weighted by Crippen LogP contribution is 1.97. The van der Waals surface area contributed by atoms with Gasteiger partial charge < -0.3 is 0 Å². The summed E-state index contributed by atoms with van der Waals surface area (Å²) < 4.78 is 0. The third kappa shape index (κ3) is 0.960. The standard InChI is InChI=1S/C4H6N4O2/c5-7-3(9)2-1-6-8-4(2)10/h1-2H,5H2,(H,7,9)(H,8,10)/t2-/m1/s1. The van der Waals surface area contributed by atoms with E-state index >= 15 is 0 Å². The van der Waals surface area contributed by atoms with E-state index in [-0.39, 0.29) is 0 Å². The Hall–Kier alpha value is -1.43. The van der Waals surface area contributed by atoms with Gasteiger partial charge in [-0.05, 0) is 0 Å². The molecule has 0 aromatic carbocycles. The molecule has 1 aliphatic heterocycles. The van der Waals surface area contributed by atoms with Crippen LogP contribution in [0.1, 0.15) is 0 Å². The van der Waals surface area contributed by atoms with E-state index in [2.05, 4.69) is 10.5 Å². The third-order valence-corrected chi connectivity index (χ3v) is 1.11.